The number of hydrogen-bond donors (Lipinski definition) is 2. The van der Waals surface area contributed by atoms with Gasteiger partial charge in [-0.15, -0.1) is 0 Å². The van der Waals surface area contributed by atoms with Gasteiger partial charge in [-0.1, -0.05) is 17.7 Å². The second-order valence-electron chi connectivity index (χ2n) is 6.05. The number of rotatable bonds is 4. The van der Waals surface area contributed by atoms with Gasteiger partial charge >= 0.3 is 0 Å². The summed E-state index contributed by atoms with van der Waals surface area (Å²) in [6, 6.07) is 5.62. The molecule has 1 atom stereocenters. The molecule has 0 aliphatic carbocycles. The molecule has 0 bridgehead atoms. The van der Waals surface area contributed by atoms with Crippen LogP contribution in [0, 0.1) is 6.92 Å². The van der Waals surface area contributed by atoms with Crippen LogP contribution in [0.5, 0.6) is 0 Å². The molecule has 0 saturated carbocycles. The average molecular weight is 348 g/mol. The topological polar surface area (TPSA) is 62.2 Å². The molecule has 3 rings (SSSR count). The van der Waals surface area contributed by atoms with Crippen molar-refractivity contribution in [3.8, 4) is 0 Å². The third-order valence-corrected chi connectivity index (χ3v) is 4.81. The summed E-state index contributed by atoms with van der Waals surface area (Å²) in [5, 5.41) is 7.00. The molecule has 2 N–H and O–H groups in total. The number of carbonyl (C=O) groups is 1. The van der Waals surface area contributed by atoms with E-state index in [1.165, 1.54) is 0 Å². The van der Waals surface area contributed by atoms with Crippen LogP contribution in [-0.4, -0.2) is 46.5 Å². The number of nitrogens with one attached hydrogen (secondary N) is 2. The van der Waals surface area contributed by atoms with E-state index >= 15 is 0 Å². The summed E-state index contributed by atoms with van der Waals surface area (Å²) in [6.07, 6.45) is 3.72. The number of aryl methyl sites for hydroxylation is 1. The van der Waals surface area contributed by atoms with Gasteiger partial charge in [-0.25, -0.2) is 4.98 Å². The van der Waals surface area contributed by atoms with Gasteiger partial charge in [0.2, 0.25) is 5.91 Å². The molecule has 2 heterocycles. The molecular formula is C17H22ClN5O. The summed E-state index contributed by atoms with van der Waals surface area (Å²) >= 11 is 6.12. The van der Waals surface area contributed by atoms with E-state index in [2.05, 4.69) is 20.5 Å². The highest BCUT2D eigenvalue weighted by atomic mass is 35.5. The Bertz CT molecular complexity index is 730. The Hall–Kier alpha value is -1.89. The predicted molar refractivity (Wildman–Crippen MR) is 95.2 cm³/mol. The highest BCUT2D eigenvalue weighted by Crippen LogP contribution is 2.24. The lowest BCUT2D eigenvalue weighted by atomic mass is 10.1. The highest BCUT2D eigenvalue weighted by Gasteiger charge is 2.28. The summed E-state index contributed by atoms with van der Waals surface area (Å²) in [4.78, 5) is 19.1. The molecule has 0 radical (unpaired) electrons. The van der Waals surface area contributed by atoms with Gasteiger partial charge in [0.15, 0.2) is 0 Å². The number of aromatic nitrogens is 2. The fraction of sp³-hybridized carbons (Fsp3) is 0.412. The van der Waals surface area contributed by atoms with E-state index < -0.39 is 0 Å². The smallest absolute Gasteiger partial charge is 0.238 e. The Morgan fingerprint density at radius 1 is 1.50 bits per heavy atom. The summed E-state index contributed by atoms with van der Waals surface area (Å²) in [6.45, 7) is 4.68. The molecule has 0 spiro atoms. The van der Waals surface area contributed by atoms with Crippen molar-refractivity contribution in [3.05, 3.63) is 47.0 Å². The van der Waals surface area contributed by atoms with Crippen molar-refractivity contribution in [2.75, 3.05) is 31.5 Å². The summed E-state index contributed by atoms with van der Waals surface area (Å²) in [5.41, 5.74) is 1.64. The van der Waals surface area contributed by atoms with Gasteiger partial charge in [0, 0.05) is 49.8 Å². The lowest BCUT2D eigenvalue weighted by Crippen LogP contribution is -2.49. The maximum absolute atomic E-state index is 12.5. The summed E-state index contributed by atoms with van der Waals surface area (Å²) < 4.78 is 2.00. The molecular weight excluding hydrogens is 326 g/mol. The number of amides is 1. The van der Waals surface area contributed by atoms with Crippen molar-refractivity contribution in [3.63, 3.8) is 0 Å². The fourth-order valence-electron chi connectivity index (χ4n) is 3.01. The zero-order valence-electron chi connectivity index (χ0n) is 13.9. The molecule has 1 aliphatic rings. The minimum atomic E-state index is -0.0403. The third kappa shape index (κ3) is 3.61. The van der Waals surface area contributed by atoms with E-state index in [0.29, 0.717) is 11.6 Å². The van der Waals surface area contributed by atoms with Crippen LogP contribution in [0.15, 0.2) is 30.6 Å². The number of halogens is 1. The summed E-state index contributed by atoms with van der Waals surface area (Å²) in [5.74, 6) is 0.926. The maximum Gasteiger partial charge on any atom is 0.238 e. The van der Waals surface area contributed by atoms with Crippen LogP contribution in [0.2, 0.25) is 5.02 Å². The van der Waals surface area contributed by atoms with Crippen molar-refractivity contribution in [1.82, 2.24) is 19.8 Å². The summed E-state index contributed by atoms with van der Waals surface area (Å²) in [7, 11) is 1.98. The van der Waals surface area contributed by atoms with Gasteiger partial charge in [0.05, 0.1) is 12.6 Å². The lowest BCUT2D eigenvalue weighted by molar-refractivity contribution is -0.118. The fourth-order valence-corrected chi connectivity index (χ4v) is 3.18. The second kappa shape index (κ2) is 7.34. The molecule has 1 aliphatic heterocycles. The average Bonchev–Trinajstić information content (AvgIpc) is 2.98. The quantitative estimate of drug-likeness (QED) is 0.887. The highest BCUT2D eigenvalue weighted by molar-refractivity contribution is 6.31. The van der Waals surface area contributed by atoms with Gasteiger partial charge in [-0.05, 0) is 24.6 Å². The van der Waals surface area contributed by atoms with E-state index in [0.717, 1.165) is 36.7 Å². The first-order valence-corrected chi connectivity index (χ1v) is 8.41. The zero-order chi connectivity index (χ0) is 17.1. The third-order valence-electron chi connectivity index (χ3n) is 4.40. The predicted octanol–water partition coefficient (Wildman–Crippen LogP) is 1.97. The molecule has 1 saturated heterocycles. The monoisotopic (exact) mass is 347 g/mol. The van der Waals surface area contributed by atoms with Gasteiger partial charge < -0.3 is 15.2 Å². The Labute approximate surface area is 146 Å². The lowest BCUT2D eigenvalue weighted by Gasteiger charge is -2.35. The van der Waals surface area contributed by atoms with Crippen LogP contribution < -0.4 is 10.6 Å². The molecule has 6 nitrogen and oxygen atoms in total. The number of anilines is 1. The van der Waals surface area contributed by atoms with Crippen molar-refractivity contribution in [1.29, 1.82) is 0 Å². The maximum atomic E-state index is 12.5. The Morgan fingerprint density at radius 3 is 3.08 bits per heavy atom. The molecule has 1 aromatic carbocycles. The van der Waals surface area contributed by atoms with Crippen molar-refractivity contribution in [2.24, 2.45) is 7.05 Å². The number of nitrogens with zero attached hydrogens (tertiary/aromatic N) is 3. The first-order chi connectivity index (χ1) is 11.6. The van der Waals surface area contributed by atoms with Crippen LogP contribution in [0.4, 0.5) is 5.69 Å². The minimum absolute atomic E-state index is 0.0403. The van der Waals surface area contributed by atoms with Crippen molar-refractivity contribution < 1.29 is 4.79 Å². The van der Waals surface area contributed by atoms with Gasteiger partial charge in [0.1, 0.15) is 5.82 Å². The molecule has 1 amide bonds. The first-order valence-electron chi connectivity index (χ1n) is 8.03. The largest absolute Gasteiger partial charge is 0.337 e. The van der Waals surface area contributed by atoms with Crippen molar-refractivity contribution >= 4 is 23.2 Å². The van der Waals surface area contributed by atoms with Gasteiger partial charge in [-0.2, -0.15) is 0 Å². The number of hydrogen-bond acceptors (Lipinski definition) is 4. The van der Waals surface area contributed by atoms with Crippen LogP contribution in [0.25, 0.3) is 0 Å². The molecule has 7 heteroatoms. The van der Waals surface area contributed by atoms with Crippen LogP contribution in [-0.2, 0) is 11.8 Å². The minimum Gasteiger partial charge on any atom is -0.337 e. The second-order valence-corrected chi connectivity index (χ2v) is 6.45. The Balaban J connectivity index is 1.70. The van der Waals surface area contributed by atoms with Crippen LogP contribution in [0.3, 0.4) is 0 Å². The van der Waals surface area contributed by atoms with Gasteiger partial charge in [-0.3, -0.25) is 9.69 Å². The molecule has 128 valence electrons. The van der Waals surface area contributed by atoms with E-state index in [9.17, 15) is 4.79 Å². The molecule has 2 aromatic rings. The van der Waals surface area contributed by atoms with Crippen molar-refractivity contribution in [2.45, 2.75) is 13.0 Å². The van der Waals surface area contributed by atoms with Crippen LogP contribution >= 0.6 is 11.6 Å². The molecule has 1 aromatic heterocycles. The Kier molecular flexibility index (Phi) is 5.18. The molecule has 1 fully saturated rings. The van der Waals surface area contributed by atoms with E-state index in [-0.39, 0.29) is 11.9 Å². The number of piperazine rings is 1. The van der Waals surface area contributed by atoms with E-state index in [1.54, 1.807) is 6.20 Å². The van der Waals surface area contributed by atoms with Crippen LogP contribution in [0.1, 0.15) is 17.4 Å². The Morgan fingerprint density at radius 2 is 2.33 bits per heavy atom. The number of carbonyl (C=O) groups excluding carboxylic acids is 1. The van der Waals surface area contributed by atoms with E-state index in [1.807, 2.05) is 42.9 Å². The molecule has 24 heavy (non-hydrogen) atoms. The number of benzene rings is 1. The molecule has 1 unspecified atom stereocenters. The van der Waals surface area contributed by atoms with Gasteiger partial charge in [0.25, 0.3) is 0 Å². The SMILES string of the molecule is Cc1c(Cl)cccc1NC(=O)CN1CCNCC1c1nccn1C. The first kappa shape index (κ1) is 17.0. The van der Waals surface area contributed by atoms with E-state index in [4.69, 9.17) is 11.6 Å². The number of imidazole rings is 1. The standard InChI is InChI=1S/C17H22ClN5O/c1-12-13(18)4-3-5-14(12)21-16(24)11-23-9-6-19-10-15(23)17-20-7-8-22(17)2/h3-5,7-8,15,19H,6,9-11H2,1-2H3,(H,21,24). The normalized spacial score (nSPS) is 18.5. The zero-order valence-corrected chi connectivity index (χ0v) is 14.7.